The van der Waals surface area contributed by atoms with E-state index in [0.29, 0.717) is 0 Å². The van der Waals surface area contributed by atoms with E-state index in [0.717, 1.165) is 25.4 Å². The lowest BCUT2D eigenvalue weighted by Gasteiger charge is -2.33. The van der Waals surface area contributed by atoms with Gasteiger partial charge in [-0.25, -0.2) is 0 Å². The average molecular weight is 460 g/mol. The highest BCUT2D eigenvalue weighted by Gasteiger charge is 2.75. The molecule has 2 aliphatic heterocycles. The second-order valence-corrected chi connectivity index (χ2v) is 11.6. The molecule has 2 saturated heterocycles. The highest BCUT2D eigenvalue weighted by atomic mass is 15.6. The summed E-state index contributed by atoms with van der Waals surface area (Å²) in [4.78, 5) is 0. The largest absolute Gasteiger partial charge is 0.330 e. The van der Waals surface area contributed by atoms with Crippen LogP contribution in [-0.2, 0) is 11.8 Å². The van der Waals surface area contributed by atoms with Crippen molar-refractivity contribution in [2.75, 3.05) is 19.6 Å². The summed E-state index contributed by atoms with van der Waals surface area (Å²) in [5.74, 6) is 0. The van der Waals surface area contributed by atoms with Crippen molar-refractivity contribution in [3.63, 3.8) is 0 Å². The van der Waals surface area contributed by atoms with Crippen molar-refractivity contribution in [2.24, 2.45) is 5.73 Å². The molecule has 2 N–H and O–H groups in total. The van der Waals surface area contributed by atoms with Crippen molar-refractivity contribution in [1.29, 1.82) is 0 Å². The van der Waals surface area contributed by atoms with Gasteiger partial charge in [0.15, 0.2) is 6.04 Å². The third-order valence-electron chi connectivity index (χ3n) is 9.26. The van der Waals surface area contributed by atoms with Crippen molar-refractivity contribution < 1.29 is 0 Å². The molecule has 34 heavy (non-hydrogen) atoms. The molecule has 0 unspecified atom stereocenters. The van der Waals surface area contributed by atoms with Crippen LogP contribution in [0.3, 0.4) is 0 Å². The fourth-order valence-corrected chi connectivity index (χ4v) is 6.83. The van der Waals surface area contributed by atoms with E-state index in [9.17, 15) is 0 Å². The first-order chi connectivity index (χ1) is 16.7. The Morgan fingerprint density at radius 3 is 1.97 bits per heavy atom. The molecule has 0 amide bonds. The van der Waals surface area contributed by atoms with E-state index in [4.69, 9.17) is 5.73 Å². The second kappa shape index (κ2) is 10.2. The second-order valence-electron chi connectivity index (χ2n) is 11.6. The maximum atomic E-state index is 5.80. The van der Waals surface area contributed by atoms with Gasteiger partial charge in [-0.3, -0.25) is 4.48 Å². The lowest BCUT2D eigenvalue weighted by molar-refractivity contribution is 0.400. The Labute approximate surface area is 208 Å². The molecule has 5 rings (SSSR count). The molecule has 2 nitrogen and oxygen atoms in total. The van der Waals surface area contributed by atoms with Crippen LogP contribution in [-0.4, -0.2) is 25.7 Å². The van der Waals surface area contributed by atoms with Crippen LogP contribution < -0.4 is 10.2 Å². The monoisotopic (exact) mass is 459 g/mol. The quantitative estimate of drug-likeness (QED) is 0.164. The van der Waals surface area contributed by atoms with Gasteiger partial charge < -0.3 is 5.73 Å². The van der Waals surface area contributed by atoms with Crippen molar-refractivity contribution in [3.05, 3.63) is 53.1 Å². The van der Waals surface area contributed by atoms with Gasteiger partial charge in [-0.15, -0.1) is 0 Å². The van der Waals surface area contributed by atoms with Crippen molar-refractivity contribution in [1.82, 2.24) is 4.48 Å². The molecule has 2 heteroatoms. The molecule has 0 radical (unpaired) electrons. The summed E-state index contributed by atoms with van der Waals surface area (Å²) in [5.41, 5.74) is 15.5. The molecular formula is C32H47N2+. The fraction of sp³-hybridized carbons (Fsp3) is 0.625. The summed E-state index contributed by atoms with van der Waals surface area (Å²) >= 11 is 0. The topological polar surface area (TPSA) is 26.0 Å². The zero-order valence-electron chi connectivity index (χ0n) is 21.9. The van der Waals surface area contributed by atoms with E-state index in [1.807, 2.05) is 0 Å². The molecule has 3 aliphatic rings. The number of unbranched alkanes of at least 4 members (excludes halogenated alkanes) is 7. The van der Waals surface area contributed by atoms with Gasteiger partial charge in [-0.2, -0.15) is 0 Å². The van der Waals surface area contributed by atoms with Gasteiger partial charge >= 0.3 is 0 Å². The van der Waals surface area contributed by atoms with Crippen LogP contribution in [0, 0.1) is 0 Å². The predicted octanol–water partition coefficient (Wildman–Crippen LogP) is 7.88. The van der Waals surface area contributed by atoms with Crippen molar-refractivity contribution >= 4 is 5.69 Å². The first kappa shape index (κ1) is 24.1. The van der Waals surface area contributed by atoms with E-state index in [1.165, 1.54) is 105 Å². The smallest absolute Gasteiger partial charge is 0.194 e. The average Bonchev–Trinajstić information content (AvgIpc) is 3.73. The normalized spacial score (nSPS) is 22.9. The highest BCUT2D eigenvalue weighted by molar-refractivity contribution is 5.83. The number of rotatable bonds is 15. The Kier molecular flexibility index (Phi) is 7.19. The Morgan fingerprint density at radius 2 is 1.38 bits per heavy atom. The summed E-state index contributed by atoms with van der Waals surface area (Å²) in [6, 6.07) is 16.1. The van der Waals surface area contributed by atoms with E-state index in [2.05, 4.69) is 50.2 Å². The Bertz CT molecular complexity index is 973. The highest BCUT2D eigenvalue weighted by Crippen LogP contribution is 2.58. The van der Waals surface area contributed by atoms with E-state index >= 15 is 0 Å². The molecule has 0 bridgehead atoms. The molecule has 0 spiro atoms. The summed E-state index contributed by atoms with van der Waals surface area (Å²) in [5, 5.41) is 0. The van der Waals surface area contributed by atoms with E-state index < -0.39 is 0 Å². The molecule has 184 valence electrons. The van der Waals surface area contributed by atoms with Crippen molar-refractivity contribution in [3.8, 4) is 11.1 Å². The lowest BCUT2D eigenvalue weighted by Crippen LogP contribution is -2.26. The number of quaternary nitrogens is 1. The third-order valence-corrected chi connectivity index (χ3v) is 9.26. The van der Waals surface area contributed by atoms with Gasteiger partial charge in [0.2, 0.25) is 0 Å². The molecule has 2 aromatic carbocycles. The third kappa shape index (κ3) is 4.37. The Balaban J connectivity index is 1.53. The minimum atomic E-state index is 0.214. The zero-order valence-corrected chi connectivity index (χ0v) is 21.9. The van der Waals surface area contributed by atoms with Gasteiger partial charge in [0, 0.05) is 11.5 Å². The van der Waals surface area contributed by atoms with Crippen LogP contribution in [0.5, 0.6) is 0 Å². The maximum Gasteiger partial charge on any atom is 0.194 e. The number of hydrogen-bond donors (Lipinski definition) is 1. The van der Waals surface area contributed by atoms with E-state index in [-0.39, 0.29) is 5.41 Å². The lowest BCUT2D eigenvalue weighted by atomic mass is 9.70. The fourth-order valence-electron chi connectivity index (χ4n) is 6.83. The molecule has 0 aromatic heterocycles. The zero-order chi connectivity index (χ0) is 23.6. The number of fused-ring (bicyclic) bond motifs is 4. The predicted molar refractivity (Wildman–Crippen MR) is 147 cm³/mol. The van der Waals surface area contributed by atoms with Gasteiger partial charge in [0.05, 0.1) is 0 Å². The summed E-state index contributed by atoms with van der Waals surface area (Å²) < 4.78 is 1.29. The molecule has 0 saturated carbocycles. The first-order valence-corrected chi connectivity index (χ1v) is 14.5. The molecule has 0 atom stereocenters. The van der Waals surface area contributed by atoms with Gasteiger partial charge in [-0.1, -0.05) is 83.4 Å². The minimum Gasteiger partial charge on any atom is -0.330 e. The SMILES string of the molecule is CCCCCCC1(CCCCCC)c2cc(CCCCN)ccc2-c2ccc([N+]34CC3C4)cc21. The molecule has 2 heterocycles. The molecule has 1 aliphatic carbocycles. The first-order valence-electron chi connectivity index (χ1n) is 14.5. The Hall–Kier alpha value is -1.64. The maximum absolute atomic E-state index is 5.80. The minimum absolute atomic E-state index is 0.214. The van der Waals surface area contributed by atoms with Crippen LogP contribution in [0.15, 0.2) is 36.4 Å². The van der Waals surface area contributed by atoms with Gasteiger partial charge in [-0.05, 0) is 78.6 Å². The number of nitrogens with two attached hydrogens (primary N) is 1. The number of hydrogen-bond acceptors (Lipinski definition) is 1. The molecular weight excluding hydrogens is 412 g/mol. The van der Waals surface area contributed by atoms with Crippen LogP contribution in [0.2, 0.25) is 0 Å². The molecule has 2 aromatic rings. The van der Waals surface area contributed by atoms with Crippen LogP contribution in [0.4, 0.5) is 5.69 Å². The number of aryl methyl sites for hydroxylation is 1. The van der Waals surface area contributed by atoms with Gasteiger partial charge in [0.1, 0.15) is 18.8 Å². The van der Waals surface area contributed by atoms with Crippen LogP contribution in [0.25, 0.3) is 11.1 Å². The van der Waals surface area contributed by atoms with E-state index in [1.54, 1.807) is 16.8 Å². The summed E-state index contributed by atoms with van der Waals surface area (Å²) in [6.45, 7) is 8.24. The van der Waals surface area contributed by atoms with Crippen LogP contribution in [0.1, 0.15) is 108 Å². The van der Waals surface area contributed by atoms with Crippen LogP contribution >= 0.6 is 0 Å². The number of nitrogens with zero attached hydrogens (tertiary/aromatic N) is 1. The van der Waals surface area contributed by atoms with Crippen molar-refractivity contribution in [2.45, 2.75) is 109 Å². The van der Waals surface area contributed by atoms with Gasteiger partial charge in [0.25, 0.3) is 0 Å². The summed E-state index contributed by atoms with van der Waals surface area (Å²) in [6.07, 6.45) is 16.9. The standard InChI is InChI=1S/C32H47N2/c1-3-5-7-10-18-32(19-11-8-6-4-2)30-21-25(13-9-12-20-33)14-16-28(30)29-17-15-26(22-31(29)32)34-23-27(34)24-34/h14-17,21-22,27H,3-13,18-20,23-24,33H2,1-2H3/q+1. The Morgan fingerprint density at radius 1 is 0.765 bits per heavy atom. The number of benzene rings is 2. The summed E-state index contributed by atoms with van der Waals surface area (Å²) in [7, 11) is 0. The molecule has 2 fully saturated rings.